The lowest BCUT2D eigenvalue weighted by molar-refractivity contribution is -0.191. The summed E-state index contributed by atoms with van der Waals surface area (Å²) in [6, 6.07) is 0. The van der Waals surface area contributed by atoms with Gasteiger partial charge in [-0.2, -0.15) is 0 Å². The van der Waals surface area contributed by atoms with Crippen molar-refractivity contribution in [3.05, 3.63) is 0 Å². The number of carbonyl (C=O) groups is 1. The number of ether oxygens (including phenoxy) is 2. The average molecular weight is 264 g/mol. The Morgan fingerprint density at radius 3 is 2.53 bits per heavy atom. The van der Waals surface area contributed by atoms with Crippen LogP contribution in [0, 0.1) is 35.5 Å². The van der Waals surface area contributed by atoms with Crippen LogP contribution in [-0.4, -0.2) is 18.4 Å². The Bertz CT molecular complexity index is 393. The van der Waals surface area contributed by atoms with Crippen molar-refractivity contribution >= 4 is 5.97 Å². The first-order chi connectivity index (χ1) is 9.13. The molecule has 4 rings (SSSR count). The fourth-order valence-electron chi connectivity index (χ4n) is 6.17. The molecule has 0 radical (unpaired) electrons. The van der Waals surface area contributed by atoms with Gasteiger partial charge in [-0.05, 0) is 74.5 Å². The van der Waals surface area contributed by atoms with E-state index >= 15 is 0 Å². The monoisotopic (exact) mass is 264 g/mol. The Balaban J connectivity index is 1.43. The third-order valence-corrected chi connectivity index (χ3v) is 6.37. The van der Waals surface area contributed by atoms with Crippen LogP contribution in [0.15, 0.2) is 0 Å². The lowest BCUT2D eigenvalue weighted by atomic mass is 9.70. The van der Waals surface area contributed by atoms with Crippen LogP contribution < -0.4 is 0 Å². The Kier molecular flexibility index (Phi) is 2.70. The van der Waals surface area contributed by atoms with Crippen LogP contribution in [0.25, 0.3) is 0 Å². The van der Waals surface area contributed by atoms with Crippen LogP contribution in [0.3, 0.4) is 0 Å². The van der Waals surface area contributed by atoms with E-state index in [4.69, 9.17) is 9.47 Å². The highest BCUT2D eigenvalue weighted by molar-refractivity contribution is 5.65. The molecule has 0 heterocycles. The number of fused-ring (bicyclic) bond motifs is 9. The number of esters is 1. The average Bonchev–Trinajstić information content (AvgIpc) is 3.05. The summed E-state index contributed by atoms with van der Waals surface area (Å²) < 4.78 is 11.2. The largest absolute Gasteiger partial charge is 0.436 e. The van der Waals surface area contributed by atoms with E-state index in [2.05, 4.69) is 0 Å². The number of hydrogen-bond acceptors (Lipinski definition) is 3. The van der Waals surface area contributed by atoms with E-state index in [0.29, 0.717) is 6.10 Å². The third kappa shape index (κ3) is 1.77. The summed E-state index contributed by atoms with van der Waals surface area (Å²) >= 11 is 0. The van der Waals surface area contributed by atoms with Gasteiger partial charge in [-0.3, -0.25) is 4.79 Å². The van der Waals surface area contributed by atoms with Gasteiger partial charge in [-0.25, -0.2) is 0 Å². The molecule has 0 spiro atoms. The molecule has 3 nitrogen and oxygen atoms in total. The lowest BCUT2D eigenvalue weighted by Gasteiger charge is -2.39. The summed E-state index contributed by atoms with van der Waals surface area (Å²) in [5.41, 5.74) is 0. The minimum Gasteiger partial charge on any atom is -0.436 e. The predicted molar refractivity (Wildman–Crippen MR) is 70.1 cm³/mol. The summed E-state index contributed by atoms with van der Waals surface area (Å²) in [4.78, 5) is 11.0. The van der Waals surface area contributed by atoms with E-state index in [0.717, 1.165) is 35.5 Å². The summed E-state index contributed by atoms with van der Waals surface area (Å²) in [5.74, 6) is 5.40. The highest BCUT2D eigenvalue weighted by Crippen LogP contribution is 2.67. The molecule has 19 heavy (non-hydrogen) atoms. The molecule has 106 valence electrons. The van der Waals surface area contributed by atoms with Gasteiger partial charge in [0.15, 0.2) is 6.29 Å². The van der Waals surface area contributed by atoms with Gasteiger partial charge in [0.25, 0.3) is 0 Å². The van der Waals surface area contributed by atoms with Gasteiger partial charge in [0, 0.05) is 6.92 Å². The van der Waals surface area contributed by atoms with Gasteiger partial charge in [-0.15, -0.1) is 0 Å². The number of carbonyl (C=O) groups excluding carboxylic acids is 1. The molecular formula is C16H24O3. The zero-order valence-electron chi connectivity index (χ0n) is 11.9. The van der Waals surface area contributed by atoms with E-state index in [9.17, 15) is 4.79 Å². The fourth-order valence-corrected chi connectivity index (χ4v) is 6.17. The van der Waals surface area contributed by atoms with Crippen LogP contribution in [-0.2, 0) is 14.3 Å². The Labute approximate surface area is 115 Å². The van der Waals surface area contributed by atoms with E-state index in [1.165, 1.54) is 39.0 Å². The third-order valence-electron chi connectivity index (χ3n) is 6.37. The Hall–Kier alpha value is -0.570. The van der Waals surface area contributed by atoms with Crippen molar-refractivity contribution < 1.29 is 14.3 Å². The van der Waals surface area contributed by atoms with Crippen LogP contribution in [0.2, 0.25) is 0 Å². The first-order valence-electron chi connectivity index (χ1n) is 7.96. The van der Waals surface area contributed by atoms with Gasteiger partial charge >= 0.3 is 5.97 Å². The van der Waals surface area contributed by atoms with Crippen LogP contribution >= 0.6 is 0 Å². The number of rotatable bonds is 3. The highest BCUT2D eigenvalue weighted by Gasteiger charge is 2.62. The molecule has 0 N–H and O–H groups in total. The van der Waals surface area contributed by atoms with Crippen LogP contribution in [0.5, 0.6) is 0 Å². The van der Waals surface area contributed by atoms with Crippen molar-refractivity contribution in [2.24, 2.45) is 35.5 Å². The Morgan fingerprint density at radius 2 is 1.79 bits per heavy atom. The maximum absolute atomic E-state index is 11.0. The molecule has 0 amide bonds. The molecule has 4 saturated carbocycles. The molecule has 4 aliphatic rings. The number of hydrogen-bond donors (Lipinski definition) is 0. The molecule has 0 aliphatic heterocycles. The summed E-state index contributed by atoms with van der Waals surface area (Å²) in [5, 5.41) is 0. The molecule has 3 heteroatoms. The topological polar surface area (TPSA) is 35.5 Å². The quantitative estimate of drug-likeness (QED) is 0.446. The molecule has 8 unspecified atom stereocenters. The van der Waals surface area contributed by atoms with Crippen molar-refractivity contribution in [3.8, 4) is 0 Å². The van der Waals surface area contributed by atoms with Gasteiger partial charge in [0.05, 0.1) is 6.10 Å². The minimum atomic E-state index is -0.376. The van der Waals surface area contributed by atoms with Crippen molar-refractivity contribution in [2.45, 2.75) is 58.3 Å². The molecule has 4 fully saturated rings. The first kappa shape index (κ1) is 12.2. The van der Waals surface area contributed by atoms with Crippen molar-refractivity contribution in [3.63, 3.8) is 0 Å². The summed E-state index contributed by atoms with van der Waals surface area (Å²) in [6.07, 6.45) is 7.00. The molecule has 4 bridgehead atoms. The van der Waals surface area contributed by atoms with E-state index in [1.807, 2.05) is 6.92 Å². The SMILES string of the molecule is CC(=O)OC(C)OC1CC2CC1C1C3CCC(C3)C21. The molecular weight excluding hydrogens is 240 g/mol. The lowest BCUT2D eigenvalue weighted by Crippen LogP contribution is -2.38. The van der Waals surface area contributed by atoms with Crippen molar-refractivity contribution in [2.75, 3.05) is 0 Å². The van der Waals surface area contributed by atoms with Gasteiger partial charge < -0.3 is 9.47 Å². The molecule has 0 aromatic rings. The van der Waals surface area contributed by atoms with Crippen molar-refractivity contribution in [1.29, 1.82) is 0 Å². The minimum absolute atomic E-state index is 0.242. The van der Waals surface area contributed by atoms with Gasteiger partial charge in [0.2, 0.25) is 0 Å². The second-order valence-electron chi connectivity index (χ2n) is 7.23. The summed E-state index contributed by atoms with van der Waals surface area (Å²) in [6.45, 7) is 3.30. The maximum atomic E-state index is 11.0. The highest BCUT2D eigenvalue weighted by atomic mass is 16.7. The molecule has 8 atom stereocenters. The maximum Gasteiger partial charge on any atom is 0.304 e. The zero-order chi connectivity index (χ0) is 13.1. The zero-order valence-corrected chi connectivity index (χ0v) is 11.9. The fraction of sp³-hybridized carbons (Fsp3) is 0.938. The molecule has 0 aromatic heterocycles. The first-order valence-corrected chi connectivity index (χ1v) is 7.96. The Morgan fingerprint density at radius 1 is 1.05 bits per heavy atom. The van der Waals surface area contributed by atoms with Crippen molar-refractivity contribution in [1.82, 2.24) is 0 Å². The second kappa shape index (κ2) is 4.21. The smallest absolute Gasteiger partial charge is 0.304 e. The molecule has 0 aromatic carbocycles. The van der Waals surface area contributed by atoms with E-state index in [-0.39, 0.29) is 12.3 Å². The van der Waals surface area contributed by atoms with Gasteiger partial charge in [-0.1, -0.05) is 0 Å². The molecule has 4 aliphatic carbocycles. The summed E-state index contributed by atoms with van der Waals surface area (Å²) in [7, 11) is 0. The normalized spacial score (nSPS) is 51.4. The van der Waals surface area contributed by atoms with E-state index < -0.39 is 0 Å². The van der Waals surface area contributed by atoms with E-state index in [1.54, 1.807) is 0 Å². The van der Waals surface area contributed by atoms with Crippen LogP contribution in [0.1, 0.15) is 46.0 Å². The second-order valence-corrected chi connectivity index (χ2v) is 7.23. The van der Waals surface area contributed by atoms with Gasteiger partial charge in [0.1, 0.15) is 0 Å². The van der Waals surface area contributed by atoms with Crippen LogP contribution in [0.4, 0.5) is 0 Å². The molecule has 0 saturated heterocycles. The standard InChI is InChI=1S/C16H24O3/c1-8(17)18-9(2)19-14-7-12-6-13(14)16-11-4-3-10(5-11)15(12)16/h9-16H,3-7H2,1-2H3. The predicted octanol–water partition coefficient (Wildman–Crippen LogP) is 2.98.